The number of hydrogen-bond acceptors (Lipinski definition) is 1. The lowest BCUT2D eigenvalue weighted by molar-refractivity contribution is 0.759. The van der Waals surface area contributed by atoms with Gasteiger partial charge in [0.05, 0.1) is 5.69 Å². The van der Waals surface area contributed by atoms with Crippen molar-refractivity contribution in [2.45, 2.75) is 19.3 Å². The molecule has 2 heteroatoms. The number of aliphatic imine (C=N–C) groups is 1. The van der Waals surface area contributed by atoms with E-state index in [-0.39, 0.29) is 5.41 Å². The number of rotatable bonds is 1. The van der Waals surface area contributed by atoms with Crippen molar-refractivity contribution in [3.8, 4) is 0 Å². The number of para-hydroxylation sites is 1. The summed E-state index contributed by atoms with van der Waals surface area (Å²) in [6.45, 7) is 4.39. The summed E-state index contributed by atoms with van der Waals surface area (Å²) >= 11 is 2.44. The molecule has 13 heavy (non-hydrogen) atoms. The van der Waals surface area contributed by atoms with Crippen LogP contribution in [0.25, 0.3) is 0 Å². The normalized spacial score (nSPS) is 25.6. The summed E-state index contributed by atoms with van der Waals surface area (Å²) in [6.07, 6.45) is 0. The van der Waals surface area contributed by atoms with Crippen molar-refractivity contribution in [1.29, 1.82) is 0 Å². The van der Waals surface area contributed by atoms with Gasteiger partial charge in [-0.2, -0.15) is 0 Å². The van der Waals surface area contributed by atoms with Crippen LogP contribution >= 0.6 is 22.6 Å². The van der Waals surface area contributed by atoms with Gasteiger partial charge >= 0.3 is 0 Å². The average Bonchev–Trinajstić information content (AvgIpc) is 2.41. The van der Waals surface area contributed by atoms with Crippen LogP contribution in [-0.4, -0.2) is 10.1 Å². The molecule has 1 atom stereocenters. The maximum Gasteiger partial charge on any atom is 0.0670 e. The Morgan fingerprint density at radius 3 is 2.77 bits per heavy atom. The fourth-order valence-electron chi connectivity index (χ4n) is 1.71. The van der Waals surface area contributed by atoms with E-state index >= 15 is 0 Å². The number of halogens is 1. The molecular formula is C11H12IN. The molecule has 1 unspecified atom stereocenters. The van der Waals surface area contributed by atoms with Crippen molar-refractivity contribution < 1.29 is 0 Å². The fraction of sp³-hybridized carbons (Fsp3) is 0.364. The quantitative estimate of drug-likeness (QED) is 0.553. The van der Waals surface area contributed by atoms with Gasteiger partial charge < -0.3 is 0 Å². The zero-order valence-corrected chi connectivity index (χ0v) is 10.00. The van der Waals surface area contributed by atoms with E-state index in [0.717, 1.165) is 10.1 Å². The Labute approximate surface area is 92.4 Å². The van der Waals surface area contributed by atoms with Gasteiger partial charge in [-0.15, -0.1) is 0 Å². The summed E-state index contributed by atoms with van der Waals surface area (Å²) in [5.41, 5.74) is 3.93. The molecule has 1 aromatic rings. The molecule has 0 aromatic heterocycles. The van der Waals surface area contributed by atoms with Crippen LogP contribution in [0, 0.1) is 0 Å². The first-order valence-electron chi connectivity index (χ1n) is 4.40. The molecule has 0 saturated heterocycles. The molecule has 0 aliphatic carbocycles. The molecule has 1 aliphatic rings. The lowest BCUT2D eigenvalue weighted by Gasteiger charge is -2.22. The molecule has 1 heterocycles. The van der Waals surface area contributed by atoms with Gasteiger partial charge in [0.2, 0.25) is 0 Å². The minimum atomic E-state index is 0.164. The lowest BCUT2D eigenvalue weighted by atomic mass is 9.82. The van der Waals surface area contributed by atoms with Gasteiger partial charge in [0.15, 0.2) is 0 Å². The fourth-order valence-corrected chi connectivity index (χ4v) is 2.67. The van der Waals surface area contributed by atoms with Crippen LogP contribution in [0.15, 0.2) is 29.3 Å². The smallest absolute Gasteiger partial charge is 0.0670 e. The van der Waals surface area contributed by atoms with E-state index in [2.05, 4.69) is 65.7 Å². The van der Waals surface area contributed by atoms with Crippen LogP contribution in [0.3, 0.4) is 0 Å². The monoisotopic (exact) mass is 285 g/mol. The van der Waals surface area contributed by atoms with Crippen molar-refractivity contribution in [3.05, 3.63) is 29.8 Å². The Kier molecular flexibility index (Phi) is 2.18. The van der Waals surface area contributed by atoms with E-state index in [4.69, 9.17) is 0 Å². The Morgan fingerprint density at radius 1 is 1.38 bits per heavy atom. The Hall–Kier alpha value is -0.380. The van der Waals surface area contributed by atoms with Crippen molar-refractivity contribution in [2.75, 3.05) is 4.43 Å². The molecule has 0 saturated carbocycles. The topological polar surface area (TPSA) is 12.4 Å². The van der Waals surface area contributed by atoms with E-state index < -0.39 is 0 Å². The molecule has 0 N–H and O–H groups in total. The third kappa shape index (κ3) is 1.23. The second kappa shape index (κ2) is 3.08. The summed E-state index contributed by atoms with van der Waals surface area (Å²) in [5, 5.41) is 0. The largest absolute Gasteiger partial charge is 0.257 e. The number of alkyl halides is 1. The average molecular weight is 285 g/mol. The van der Waals surface area contributed by atoms with E-state index in [9.17, 15) is 0 Å². The molecule has 0 fully saturated rings. The van der Waals surface area contributed by atoms with Crippen LogP contribution in [0.5, 0.6) is 0 Å². The van der Waals surface area contributed by atoms with Crippen molar-refractivity contribution in [2.24, 2.45) is 4.99 Å². The Bertz CT molecular complexity index is 370. The number of hydrogen-bond donors (Lipinski definition) is 0. The predicted molar refractivity (Wildman–Crippen MR) is 65.5 cm³/mol. The summed E-state index contributed by atoms with van der Waals surface area (Å²) < 4.78 is 1.09. The maximum absolute atomic E-state index is 4.59. The summed E-state index contributed by atoms with van der Waals surface area (Å²) in [4.78, 5) is 4.59. The molecule has 68 valence electrons. The summed E-state index contributed by atoms with van der Waals surface area (Å²) in [5.74, 6) is 0. The van der Waals surface area contributed by atoms with Gasteiger partial charge in [0.1, 0.15) is 0 Å². The number of benzene rings is 1. The van der Waals surface area contributed by atoms with Crippen LogP contribution < -0.4 is 0 Å². The van der Waals surface area contributed by atoms with Gasteiger partial charge in [0, 0.05) is 15.6 Å². The van der Waals surface area contributed by atoms with Gasteiger partial charge in [-0.3, -0.25) is 4.99 Å². The molecule has 0 radical (unpaired) electrons. The highest BCUT2D eigenvalue weighted by atomic mass is 127. The minimum absolute atomic E-state index is 0.164. The van der Waals surface area contributed by atoms with Crippen molar-refractivity contribution in [3.63, 3.8) is 0 Å². The van der Waals surface area contributed by atoms with Gasteiger partial charge in [-0.1, -0.05) is 40.8 Å². The van der Waals surface area contributed by atoms with E-state index in [1.807, 2.05) is 0 Å². The second-order valence-corrected chi connectivity index (χ2v) is 4.44. The highest BCUT2D eigenvalue weighted by Gasteiger charge is 2.35. The standard InChI is InChI=1S/C11H12IN/c1-8-11(2,7-12)9-5-3-4-6-10(9)13-8/h3-6H,7H2,1-2H3. The van der Waals surface area contributed by atoms with E-state index in [1.54, 1.807) is 0 Å². The van der Waals surface area contributed by atoms with E-state index in [1.165, 1.54) is 11.3 Å². The van der Waals surface area contributed by atoms with Crippen molar-refractivity contribution >= 4 is 34.0 Å². The highest BCUT2D eigenvalue weighted by Crippen LogP contribution is 2.40. The highest BCUT2D eigenvalue weighted by molar-refractivity contribution is 14.1. The maximum atomic E-state index is 4.59. The summed E-state index contributed by atoms with van der Waals surface area (Å²) in [7, 11) is 0. The lowest BCUT2D eigenvalue weighted by Crippen LogP contribution is -2.29. The first-order chi connectivity index (χ1) is 6.18. The molecule has 0 bridgehead atoms. The number of fused-ring (bicyclic) bond motifs is 1. The molecule has 0 spiro atoms. The minimum Gasteiger partial charge on any atom is -0.257 e. The van der Waals surface area contributed by atoms with Gasteiger partial charge in [-0.05, 0) is 25.5 Å². The zero-order chi connectivity index (χ0) is 9.47. The van der Waals surface area contributed by atoms with E-state index in [0.29, 0.717) is 0 Å². The first-order valence-corrected chi connectivity index (χ1v) is 5.92. The van der Waals surface area contributed by atoms with Crippen LogP contribution in [0.1, 0.15) is 19.4 Å². The number of nitrogens with zero attached hydrogens (tertiary/aromatic N) is 1. The summed E-state index contributed by atoms with van der Waals surface area (Å²) in [6, 6.07) is 8.43. The first kappa shape index (κ1) is 9.19. The molecular weight excluding hydrogens is 273 g/mol. The zero-order valence-electron chi connectivity index (χ0n) is 7.84. The Balaban J connectivity index is 2.61. The van der Waals surface area contributed by atoms with Crippen LogP contribution in [0.2, 0.25) is 0 Å². The van der Waals surface area contributed by atoms with Gasteiger partial charge in [-0.25, -0.2) is 0 Å². The van der Waals surface area contributed by atoms with Crippen LogP contribution in [0.4, 0.5) is 5.69 Å². The molecule has 0 amide bonds. The SMILES string of the molecule is CC1=Nc2ccccc2C1(C)CI. The van der Waals surface area contributed by atoms with Crippen LogP contribution in [-0.2, 0) is 5.41 Å². The second-order valence-electron chi connectivity index (χ2n) is 3.68. The van der Waals surface area contributed by atoms with Crippen molar-refractivity contribution in [1.82, 2.24) is 0 Å². The Morgan fingerprint density at radius 2 is 2.08 bits per heavy atom. The molecule has 1 aliphatic heterocycles. The molecule has 2 rings (SSSR count). The van der Waals surface area contributed by atoms with Gasteiger partial charge in [0.25, 0.3) is 0 Å². The third-order valence-electron chi connectivity index (χ3n) is 2.85. The predicted octanol–water partition coefficient (Wildman–Crippen LogP) is 3.49. The third-order valence-corrected chi connectivity index (χ3v) is 4.38. The molecule has 1 nitrogen and oxygen atoms in total. The molecule has 1 aromatic carbocycles.